The minimum absolute atomic E-state index is 0.0947. The van der Waals surface area contributed by atoms with Gasteiger partial charge in [0.05, 0.1) is 24.6 Å². The SMILES string of the molecule is C[C@H]1c2oncc2C[C@@]2(C)c3nc(-c4ccccc4)n(-c4nnn(C)n4)c3CC[C@H]12. The average Bonchev–Trinajstić information content (AvgIpc) is 3.46. The second-order valence-corrected chi connectivity index (χ2v) is 8.75. The van der Waals surface area contributed by atoms with Gasteiger partial charge in [-0.3, -0.25) is 4.57 Å². The fourth-order valence-corrected chi connectivity index (χ4v) is 5.66. The summed E-state index contributed by atoms with van der Waals surface area (Å²) in [7, 11) is 1.79. The summed E-state index contributed by atoms with van der Waals surface area (Å²) in [5.41, 5.74) is 4.48. The number of tetrazole rings is 1. The molecule has 152 valence electrons. The van der Waals surface area contributed by atoms with Crippen LogP contribution in [0, 0.1) is 5.92 Å². The third-order valence-electron chi connectivity index (χ3n) is 7.00. The lowest BCUT2D eigenvalue weighted by atomic mass is 9.57. The van der Waals surface area contributed by atoms with Crippen molar-refractivity contribution < 1.29 is 4.52 Å². The van der Waals surface area contributed by atoms with Crippen molar-refractivity contribution in [3.05, 3.63) is 59.2 Å². The molecule has 0 fully saturated rings. The Morgan fingerprint density at radius 1 is 1.20 bits per heavy atom. The van der Waals surface area contributed by atoms with Crippen LogP contribution in [-0.2, 0) is 25.3 Å². The van der Waals surface area contributed by atoms with Crippen molar-refractivity contribution in [1.82, 2.24) is 34.9 Å². The Kier molecular flexibility index (Phi) is 3.57. The topological polar surface area (TPSA) is 87.5 Å². The fourth-order valence-electron chi connectivity index (χ4n) is 5.66. The molecule has 3 aromatic heterocycles. The van der Waals surface area contributed by atoms with Crippen LogP contribution < -0.4 is 0 Å². The number of aryl methyl sites for hydroxylation is 1. The van der Waals surface area contributed by atoms with E-state index < -0.39 is 0 Å². The van der Waals surface area contributed by atoms with Crippen LogP contribution in [0.4, 0.5) is 0 Å². The summed E-state index contributed by atoms with van der Waals surface area (Å²) in [5.74, 6) is 3.25. The number of rotatable bonds is 2. The first kappa shape index (κ1) is 17.6. The summed E-state index contributed by atoms with van der Waals surface area (Å²) < 4.78 is 7.72. The number of hydrogen-bond donors (Lipinski definition) is 0. The van der Waals surface area contributed by atoms with Crippen molar-refractivity contribution in [3.63, 3.8) is 0 Å². The van der Waals surface area contributed by atoms with Gasteiger partial charge in [0, 0.05) is 22.5 Å². The highest BCUT2D eigenvalue weighted by Gasteiger charge is 2.51. The molecule has 0 spiro atoms. The van der Waals surface area contributed by atoms with Gasteiger partial charge in [0.1, 0.15) is 11.6 Å². The Bertz CT molecular complexity index is 1240. The van der Waals surface area contributed by atoms with Gasteiger partial charge in [0.2, 0.25) is 0 Å². The molecule has 0 saturated carbocycles. The lowest BCUT2D eigenvalue weighted by molar-refractivity contribution is 0.171. The first-order valence-corrected chi connectivity index (χ1v) is 10.4. The summed E-state index contributed by atoms with van der Waals surface area (Å²) in [5, 5.41) is 17.0. The molecule has 0 N–H and O–H groups in total. The molecule has 0 amide bonds. The highest BCUT2D eigenvalue weighted by Crippen LogP contribution is 2.54. The molecule has 30 heavy (non-hydrogen) atoms. The maximum atomic E-state index is 5.61. The molecule has 3 heterocycles. The van der Waals surface area contributed by atoms with Crippen LogP contribution in [0.25, 0.3) is 17.3 Å². The Morgan fingerprint density at radius 3 is 2.80 bits per heavy atom. The molecule has 0 unspecified atom stereocenters. The molecule has 2 aliphatic carbocycles. The highest BCUT2D eigenvalue weighted by molar-refractivity contribution is 5.60. The lowest BCUT2D eigenvalue weighted by Gasteiger charge is -2.46. The van der Waals surface area contributed by atoms with Crippen LogP contribution >= 0.6 is 0 Å². The van der Waals surface area contributed by atoms with E-state index in [1.165, 1.54) is 16.1 Å². The predicted octanol–water partition coefficient (Wildman–Crippen LogP) is 3.23. The summed E-state index contributed by atoms with van der Waals surface area (Å²) in [6.07, 6.45) is 4.74. The van der Waals surface area contributed by atoms with E-state index in [1.807, 2.05) is 24.4 Å². The highest BCUT2D eigenvalue weighted by atomic mass is 16.5. The van der Waals surface area contributed by atoms with Gasteiger partial charge in [-0.15, -0.1) is 5.10 Å². The zero-order valence-electron chi connectivity index (χ0n) is 17.3. The Morgan fingerprint density at radius 2 is 2.03 bits per heavy atom. The van der Waals surface area contributed by atoms with E-state index in [9.17, 15) is 0 Å². The van der Waals surface area contributed by atoms with E-state index in [0.717, 1.165) is 42.1 Å². The molecule has 0 bridgehead atoms. The standard InChI is InChI=1S/C22H23N7O/c1-13-16-9-10-17-19(22(16,2)11-15-12-23-30-18(13)15)24-20(14-7-5-4-6-8-14)29(17)21-25-27-28(3)26-21/h4-8,12-13,16H,9-11H2,1-3H3/t13-,16-,22-/m1/s1. The largest absolute Gasteiger partial charge is 0.361 e. The molecule has 8 nitrogen and oxygen atoms in total. The summed E-state index contributed by atoms with van der Waals surface area (Å²) in [4.78, 5) is 6.75. The van der Waals surface area contributed by atoms with Gasteiger partial charge in [0.25, 0.3) is 5.95 Å². The normalized spacial score (nSPS) is 24.9. The van der Waals surface area contributed by atoms with Gasteiger partial charge in [-0.1, -0.05) is 54.4 Å². The lowest BCUT2D eigenvalue weighted by Crippen LogP contribution is -2.44. The smallest absolute Gasteiger partial charge is 0.276 e. The first-order valence-electron chi connectivity index (χ1n) is 10.4. The molecular formula is C22H23N7O. The minimum Gasteiger partial charge on any atom is -0.361 e. The van der Waals surface area contributed by atoms with Crippen molar-refractivity contribution in [2.45, 2.75) is 44.4 Å². The summed E-state index contributed by atoms with van der Waals surface area (Å²) >= 11 is 0. The molecule has 1 aromatic carbocycles. The number of aromatic nitrogens is 7. The zero-order valence-corrected chi connectivity index (χ0v) is 17.3. The van der Waals surface area contributed by atoms with E-state index in [1.54, 1.807) is 7.05 Å². The molecule has 6 rings (SSSR count). The predicted molar refractivity (Wildman–Crippen MR) is 109 cm³/mol. The zero-order chi connectivity index (χ0) is 20.5. The van der Waals surface area contributed by atoms with Crippen LogP contribution in [0.15, 0.2) is 41.1 Å². The Balaban J connectivity index is 1.60. The number of hydrogen-bond acceptors (Lipinski definition) is 6. The van der Waals surface area contributed by atoms with Crippen LogP contribution in [0.5, 0.6) is 0 Å². The van der Waals surface area contributed by atoms with E-state index in [4.69, 9.17) is 9.51 Å². The van der Waals surface area contributed by atoms with Crippen LogP contribution in [-0.4, -0.2) is 34.9 Å². The van der Waals surface area contributed by atoms with Gasteiger partial charge in [0.15, 0.2) is 0 Å². The molecular weight excluding hydrogens is 378 g/mol. The van der Waals surface area contributed by atoms with Gasteiger partial charge < -0.3 is 4.52 Å². The maximum absolute atomic E-state index is 5.61. The number of benzene rings is 1. The van der Waals surface area contributed by atoms with Gasteiger partial charge in [-0.2, -0.15) is 4.80 Å². The van der Waals surface area contributed by atoms with Crippen LogP contribution in [0.2, 0.25) is 0 Å². The van der Waals surface area contributed by atoms with Crippen LogP contribution in [0.1, 0.15) is 48.9 Å². The van der Waals surface area contributed by atoms with Gasteiger partial charge >= 0.3 is 0 Å². The average molecular weight is 401 g/mol. The van der Waals surface area contributed by atoms with Crippen molar-refractivity contribution in [3.8, 4) is 17.3 Å². The Hall–Kier alpha value is -3.29. The third-order valence-corrected chi connectivity index (χ3v) is 7.00. The van der Waals surface area contributed by atoms with E-state index in [0.29, 0.717) is 17.8 Å². The summed E-state index contributed by atoms with van der Waals surface area (Å²) in [6.45, 7) is 4.61. The molecule has 8 heteroatoms. The monoisotopic (exact) mass is 401 g/mol. The number of nitrogens with zero attached hydrogens (tertiary/aromatic N) is 7. The van der Waals surface area contributed by atoms with Crippen LogP contribution in [0.3, 0.4) is 0 Å². The quantitative estimate of drug-likeness (QED) is 0.512. The molecule has 0 saturated heterocycles. The Labute approximate surface area is 173 Å². The molecule has 4 aromatic rings. The summed E-state index contributed by atoms with van der Waals surface area (Å²) in [6, 6.07) is 10.3. The van der Waals surface area contributed by atoms with Gasteiger partial charge in [-0.05, 0) is 30.4 Å². The number of fused-ring (bicyclic) bond motifs is 4. The molecule has 3 atom stereocenters. The fraction of sp³-hybridized carbons (Fsp3) is 0.409. The first-order chi connectivity index (χ1) is 14.6. The minimum atomic E-state index is -0.0947. The maximum Gasteiger partial charge on any atom is 0.276 e. The van der Waals surface area contributed by atoms with Crippen molar-refractivity contribution in [2.24, 2.45) is 13.0 Å². The van der Waals surface area contributed by atoms with Crippen molar-refractivity contribution in [1.29, 1.82) is 0 Å². The van der Waals surface area contributed by atoms with E-state index in [-0.39, 0.29) is 5.41 Å². The molecule has 2 aliphatic rings. The van der Waals surface area contributed by atoms with Crippen molar-refractivity contribution in [2.75, 3.05) is 0 Å². The van der Waals surface area contributed by atoms with E-state index >= 15 is 0 Å². The molecule has 0 aliphatic heterocycles. The second-order valence-electron chi connectivity index (χ2n) is 8.75. The van der Waals surface area contributed by atoms with Gasteiger partial charge in [-0.25, -0.2) is 4.98 Å². The number of imidazole rings is 1. The van der Waals surface area contributed by atoms with Crippen molar-refractivity contribution >= 4 is 0 Å². The molecule has 0 radical (unpaired) electrons. The second kappa shape index (κ2) is 6.10. The third kappa shape index (κ3) is 2.30. The van der Waals surface area contributed by atoms with E-state index in [2.05, 4.69) is 51.1 Å².